The van der Waals surface area contributed by atoms with Crippen LogP contribution in [0.25, 0.3) is 10.8 Å². The van der Waals surface area contributed by atoms with Gasteiger partial charge in [-0.1, -0.05) is 43.3 Å². The van der Waals surface area contributed by atoms with Gasteiger partial charge in [-0.15, -0.1) is 0 Å². The molecule has 0 aliphatic heterocycles. The summed E-state index contributed by atoms with van der Waals surface area (Å²) in [4.78, 5) is 4.24. The number of aromatic nitrogens is 1. The Morgan fingerprint density at radius 3 is 2.70 bits per heavy atom. The van der Waals surface area contributed by atoms with E-state index in [9.17, 15) is 0 Å². The van der Waals surface area contributed by atoms with Crippen molar-refractivity contribution in [3.05, 3.63) is 65.9 Å². The van der Waals surface area contributed by atoms with Crippen molar-refractivity contribution in [3.8, 4) is 0 Å². The fourth-order valence-corrected chi connectivity index (χ4v) is 2.26. The standard InChI is InChI=1S/C17H18N2O/c1-2-16-11-19-17(20-16)12-18-10-13-7-8-14-5-3-4-6-15(14)9-13/h3-9,11,18H,2,10,12H2,1H3. The first kappa shape index (κ1) is 12.9. The average Bonchev–Trinajstić information content (AvgIpc) is 2.95. The van der Waals surface area contributed by atoms with E-state index in [-0.39, 0.29) is 0 Å². The normalized spacial score (nSPS) is 11.1. The minimum atomic E-state index is 0.660. The van der Waals surface area contributed by atoms with Crippen LogP contribution in [0.1, 0.15) is 24.1 Å². The number of hydrogen-bond acceptors (Lipinski definition) is 3. The van der Waals surface area contributed by atoms with Crippen LogP contribution < -0.4 is 5.32 Å². The molecule has 0 aliphatic carbocycles. The molecule has 20 heavy (non-hydrogen) atoms. The molecule has 0 unspecified atom stereocenters. The van der Waals surface area contributed by atoms with Crippen molar-refractivity contribution in [1.29, 1.82) is 0 Å². The highest BCUT2D eigenvalue weighted by Gasteiger charge is 2.02. The molecule has 3 aromatic rings. The summed E-state index contributed by atoms with van der Waals surface area (Å²) in [5, 5.41) is 5.91. The molecule has 1 heterocycles. The van der Waals surface area contributed by atoms with Crippen LogP contribution in [-0.2, 0) is 19.5 Å². The van der Waals surface area contributed by atoms with E-state index in [1.807, 2.05) is 0 Å². The van der Waals surface area contributed by atoms with Crippen molar-refractivity contribution in [3.63, 3.8) is 0 Å². The molecule has 0 radical (unpaired) electrons. The number of hydrogen-bond donors (Lipinski definition) is 1. The monoisotopic (exact) mass is 266 g/mol. The molecule has 0 bridgehead atoms. The molecule has 3 heteroatoms. The second-order valence-corrected chi connectivity index (χ2v) is 4.86. The summed E-state index contributed by atoms with van der Waals surface area (Å²) in [6.45, 7) is 3.54. The second kappa shape index (κ2) is 5.88. The van der Waals surface area contributed by atoms with Crippen LogP contribution in [0.5, 0.6) is 0 Å². The summed E-state index contributed by atoms with van der Waals surface area (Å²) < 4.78 is 5.57. The Labute approximate surface area is 118 Å². The fourth-order valence-electron chi connectivity index (χ4n) is 2.26. The highest BCUT2D eigenvalue weighted by molar-refractivity contribution is 5.82. The molecule has 0 saturated carbocycles. The molecule has 2 aromatic carbocycles. The van der Waals surface area contributed by atoms with Crippen molar-refractivity contribution >= 4 is 10.8 Å². The first-order chi connectivity index (χ1) is 9.85. The molecule has 1 N–H and O–H groups in total. The van der Waals surface area contributed by atoms with Gasteiger partial charge in [0.15, 0.2) is 0 Å². The summed E-state index contributed by atoms with van der Waals surface area (Å²) >= 11 is 0. The number of benzene rings is 2. The molecule has 0 aliphatic rings. The second-order valence-electron chi connectivity index (χ2n) is 4.86. The highest BCUT2D eigenvalue weighted by atomic mass is 16.4. The molecular formula is C17H18N2O. The predicted molar refractivity (Wildman–Crippen MR) is 80.4 cm³/mol. The molecule has 0 saturated heterocycles. The lowest BCUT2D eigenvalue weighted by molar-refractivity contribution is 0.439. The lowest BCUT2D eigenvalue weighted by Crippen LogP contribution is -2.12. The van der Waals surface area contributed by atoms with Gasteiger partial charge in [-0.3, -0.25) is 0 Å². The van der Waals surface area contributed by atoms with Gasteiger partial charge >= 0.3 is 0 Å². The molecule has 0 atom stereocenters. The number of nitrogens with one attached hydrogen (secondary N) is 1. The van der Waals surface area contributed by atoms with E-state index in [0.717, 1.165) is 24.6 Å². The fraction of sp³-hybridized carbons (Fsp3) is 0.235. The lowest BCUT2D eigenvalue weighted by atomic mass is 10.1. The van der Waals surface area contributed by atoms with Crippen molar-refractivity contribution in [2.45, 2.75) is 26.4 Å². The smallest absolute Gasteiger partial charge is 0.208 e. The Kier molecular flexibility index (Phi) is 3.79. The zero-order chi connectivity index (χ0) is 13.8. The average molecular weight is 266 g/mol. The summed E-state index contributed by atoms with van der Waals surface area (Å²) in [5.41, 5.74) is 1.27. The Morgan fingerprint density at radius 1 is 1.05 bits per heavy atom. The third kappa shape index (κ3) is 2.89. The minimum absolute atomic E-state index is 0.660. The number of oxazole rings is 1. The maximum atomic E-state index is 5.57. The van der Waals surface area contributed by atoms with Gasteiger partial charge in [-0.2, -0.15) is 0 Å². The van der Waals surface area contributed by atoms with E-state index in [2.05, 4.69) is 59.7 Å². The van der Waals surface area contributed by atoms with Crippen LogP contribution in [0, 0.1) is 0 Å². The lowest BCUT2D eigenvalue weighted by Gasteiger charge is -2.04. The minimum Gasteiger partial charge on any atom is -0.444 e. The van der Waals surface area contributed by atoms with E-state index in [1.165, 1.54) is 16.3 Å². The molecule has 3 nitrogen and oxygen atoms in total. The van der Waals surface area contributed by atoms with Crippen LogP contribution in [0.3, 0.4) is 0 Å². The highest BCUT2D eigenvalue weighted by Crippen LogP contribution is 2.15. The zero-order valence-electron chi connectivity index (χ0n) is 11.6. The quantitative estimate of drug-likeness (QED) is 0.765. The van der Waals surface area contributed by atoms with Crippen LogP contribution >= 0.6 is 0 Å². The van der Waals surface area contributed by atoms with Gasteiger partial charge in [0, 0.05) is 13.0 Å². The number of nitrogens with zero attached hydrogens (tertiary/aromatic N) is 1. The maximum Gasteiger partial charge on any atom is 0.208 e. The van der Waals surface area contributed by atoms with Gasteiger partial charge in [0.25, 0.3) is 0 Å². The van der Waals surface area contributed by atoms with Gasteiger partial charge in [0.2, 0.25) is 5.89 Å². The SMILES string of the molecule is CCc1cnc(CNCc2ccc3ccccc3c2)o1. The Hall–Kier alpha value is -2.13. The zero-order valence-corrected chi connectivity index (χ0v) is 11.6. The van der Waals surface area contributed by atoms with Gasteiger partial charge in [-0.25, -0.2) is 4.98 Å². The molecule has 3 rings (SSSR count). The van der Waals surface area contributed by atoms with E-state index >= 15 is 0 Å². The molecule has 0 spiro atoms. The molecule has 1 aromatic heterocycles. The van der Waals surface area contributed by atoms with Crippen molar-refractivity contribution in [2.75, 3.05) is 0 Å². The van der Waals surface area contributed by atoms with Gasteiger partial charge in [-0.05, 0) is 22.4 Å². The van der Waals surface area contributed by atoms with Gasteiger partial charge in [0.1, 0.15) is 5.76 Å². The number of rotatable bonds is 5. The van der Waals surface area contributed by atoms with Gasteiger partial charge in [0.05, 0.1) is 12.7 Å². The predicted octanol–water partition coefficient (Wildman–Crippen LogP) is 3.68. The van der Waals surface area contributed by atoms with Crippen molar-refractivity contribution < 1.29 is 4.42 Å². The third-order valence-corrected chi connectivity index (χ3v) is 3.37. The van der Waals surface area contributed by atoms with Crippen molar-refractivity contribution in [2.24, 2.45) is 0 Å². The van der Waals surface area contributed by atoms with Gasteiger partial charge < -0.3 is 9.73 Å². The number of fused-ring (bicyclic) bond motifs is 1. The largest absolute Gasteiger partial charge is 0.444 e. The summed E-state index contributed by atoms with van der Waals surface area (Å²) in [5.74, 6) is 1.69. The molecule has 102 valence electrons. The summed E-state index contributed by atoms with van der Waals surface area (Å²) in [6, 6.07) is 14.9. The van der Waals surface area contributed by atoms with Crippen LogP contribution in [-0.4, -0.2) is 4.98 Å². The Bertz CT molecular complexity index is 703. The summed E-state index contributed by atoms with van der Waals surface area (Å²) in [7, 11) is 0. The molecular weight excluding hydrogens is 248 g/mol. The van der Waals surface area contributed by atoms with E-state index in [4.69, 9.17) is 4.42 Å². The maximum absolute atomic E-state index is 5.57. The van der Waals surface area contributed by atoms with Crippen molar-refractivity contribution in [1.82, 2.24) is 10.3 Å². The molecule has 0 amide bonds. The Morgan fingerprint density at radius 2 is 1.90 bits per heavy atom. The number of aryl methyl sites for hydroxylation is 1. The third-order valence-electron chi connectivity index (χ3n) is 3.37. The topological polar surface area (TPSA) is 38.1 Å². The van der Waals surface area contributed by atoms with E-state index < -0.39 is 0 Å². The first-order valence-corrected chi connectivity index (χ1v) is 6.97. The first-order valence-electron chi connectivity index (χ1n) is 6.97. The van der Waals surface area contributed by atoms with Crippen LogP contribution in [0.15, 0.2) is 53.1 Å². The summed E-state index contributed by atoms with van der Waals surface area (Å²) in [6.07, 6.45) is 2.69. The Balaban J connectivity index is 1.62. The molecule has 0 fully saturated rings. The van der Waals surface area contributed by atoms with Crippen LogP contribution in [0.4, 0.5) is 0 Å². The van der Waals surface area contributed by atoms with E-state index in [0.29, 0.717) is 6.54 Å². The van der Waals surface area contributed by atoms with Crippen LogP contribution in [0.2, 0.25) is 0 Å². The van der Waals surface area contributed by atoms with E-state index in [1.54, 1.807) is 6.20 Å².